The molecule has 0 heterocycles. The molecular weight excluding hydrogens is 348 g/mol. The van der Waals surface area contributed by atoms with Gasteiger partial charge < -0.3 is 0 Å². The van der Waals surface area contributed by atoms with E-state index in [1.807, 2.05) is 0 Å². The third-order valence-corrected chi connectivity index (χ3v) is 4.27. The molecule has 18 heavy (non-hydrogen) atoms. The monoisotopic (exact) mass is 356 g/mol. The van der Waals surface area contributed by atoms with Crippen LogP contribution in [-0.2, 0) is 10.0 Å². The number of hydrogen-bond acceptors (Lipinski definition) is 4. The average Bonchev–Trinajstić information content (AvgIpc) is 2.28. The summed E-state index contributed by atoms with van der Waals surface area (Å²) in [6, 6.07) is 4.01. The lowest BCUT2D eigenvalue weighted by molar-refractivity contribution is -0.385. The summed E-state index contributed by atoms with van der Waals surface area (Å²) < 4.78 is 25.7. The fourth-order valence-electron chi connectivity index (χ4n) is 1.19. The van der Waals surface area contributed by atoms with Gasteiger partial charge in [0, 0.05) is 11.9 Å². The number of nitro groups is 1. The van der Waals surface area contributed by atoms with Gasteiger partial charge in [0.15, 0.2) is 0 Å². The highest BCUT2D eigenvalue weighted by Gasteiger charge is 2.15. The van der Waals surface area contributed by atoms with Crippen molar-refractivity contribution >= 4 is 48.9 Å². The number of nitrogens with one attached hydrogen (secondary N) is 1. The number of hydrogen-bond donors (Lipinski definition) is 1. The summed E-state index contributed by atoms with van der Waals surface area (Å²) in [4.78, 5) is 10.1. The topological polar surface area (TPSA) is 89.3 Å². The fourth-order valence-corrected chi connectivity index (χ4v) is 2.99. The van der Waals surface area contributed by atoms with E-state index in [2.05, 4.69) is 20.7 Å². The van der Waals surface area contributed by atoms with Crippen LogP contribution in [0.15, 0.2) is 22.7 Å². The molecule has 1 aromatic carbocycles. The third kappa shape index (κ3) is 4.43. The van der Waals surface area contributed by atoms with E-state index in [1.54, 1.807) is 0 Å². The smallest absolute Gasteiger partial charge is 0.283 e. The lowest BCUT2D eigenvalue weighted by Crippen LogP contribution is -2.17. The number of alkyl halides is 1. The van der Waals surface area contributed by atoms with Crippen LogP contribution in [0.2, 0.25) is 0 Å². The van der Waals surface area contributed by atoms with Crippen LogP contribution >= 0.6 is 27.5 Å². The number of anilines is 1. The van der Waals surface area contributed by atoms with Crippen LogP contribution in [0.1, 0.15) is 6.42 Å². The second-order valence-corrected chi connectivity index (χ2v) is 6.46. The van der Waals surface area contributed by atoms with Gasteiger partial charge in [-0.2, -0.15) is 0 Å². The first kappa shape index (κ1) is 15.2. The van der Waals surface area contributed by atoms with E-state index in [4.69, 9.17) is 11.6 Å². The van der Waals surface area contributed by atoms with Crippen molar-refractivity contribution in [1.82, 2.24) is 0 Å². The second kappa shape index (κ2) is 6.35. The number of halogens is 2. The van der Waals surface area contributed by atoms with Crippen LogP contribution in [0.25, 0.3) is 0 Å². The number of benzene rings is 1. The number of sulfonamides is 1. The summed E-state index contributed by atoms with van der Waals surface area (Å²) in [5, 5.41) is 10.7. The van der Waals surface area contributed by atoms with Gasteiger partial charge in [-0.25, -0.2) is 8.42 Å². The second-order valence-electron chi connectivity index (χ2n) is 3.39. The van der Waals surface area contributed by atoms with Crippen LogP contribution in [0, 0.1) is 10.1 Å². The Morgan fingerprint density at radius 1 is 1.44 bits per heavy atom. The summed E-state index contributed by atoms with van der Waals surface area (Å²) >= 11 is 8.43. The number of rotatable bonds is 6. The highest BCUT2D eigenvalue weighted by atomic mass is 79.9. The normalized spacial score (nSPS) is 11.2. The largest absolute Gasteiger partial charge is 0.285 e. The Balaban J connectivity index is 2.92. The molecule has 0 saturated carbocycles. The third-order valence-electron chi connectivity index (χ3n) is 1.96. The van der Waals surface area contributed by atoms with Crippen molar-refractivity contribution < 1.29 is 13.3 Å². The molecule has 1 aromatic rings. The Hall–Kier alpha value is -0.860. The Bertz CT molecular complexity index is 549. The van der Waals surface area contributed by atoms with Crippen molar-refractivity contribution in [2.24, 2.45) is 0 Å². The summed E-state index contributed by atoms with van der Waals surface area (Å²) in [7, 11) is -3.52. The Morgan fingerprint density at radius 2 is 2.11 bits per heavy atom. The molecule has 0 saturated heterocycles. The zero-order valence-electron chi connectivity index (χ0n) is 9.10. The molecule has 100 valence electrons. The van der Waals surface area contributed by atoms with Crippen molar-refractivity contribution in [3.8, 4) is 0 Å². The maximum atomic E-state index is 11.6. The average molecular weight is 358 g/mol. The molecule has 0 aliphatic heterocycles. The Kier molecular flexibility index (Phi) is 5.36. The van der Waals surface area contributed by atoms with Gasteiger partial charge in [-0.3, -0.25) is 14.8 Å². The van der Waals surface area contributed by atoms with Crippen molar-refractivity contribution in [1.29, 1.82) is 0 Å². The van der Waals surface area contributed by atoms with Gasteiger partial charge in [0.1, 0.15) is 0 Å². The van der Waals surface area contributed by atoms with Gasteiger partial charge in [-0.15, -0.1) is 11.6 Å². The van der Waals surface area contributed by atoms with Gasteiger partial charge in [0.2, 0.25) is 10.0 Å². The maximum Gasteiger partial charge on any atom is 0.285 e. The van der Waals surface area contributed by atoms with E-state index in [-0.39, 0.29) is 27.5 Å². The first-order chi connectivity index (χ1) is 8.35. The van der Waals surface area contributed by atoms with E-state index < -0.39 is 14.9 Å². The van der Waals surface area contributed by atoms with E-state index in [0.717, 1.165) is 6.07 Å². The van der Waals surface area contributed by atoms with Crippen LogP contribution in [0.4, 0.5) is 11.4 Å². The molecule has 0 radical (unpaired) electrons. The predicted octanol–water partition coefficient (Wildman–Crippen LogP) is 2.73. The van der Waals surface area contributed by atoms with Gasteiger partial charge in [0.05, 0.1) is 20.8 Å². The first-order valence-electron chi connectivity index (χ1n) is 4.86. The molecule has 1 rings (SSSR count). The van der Waals surface area contributed by atoms with Crippen LogP contribution in [0.5, 0.6) is 0 Å². The maximum absolute atomic E-state index is 11.6. The van der Waals surface area contributed by atoms with E-state index in [1.165, 1.54) is 12.1 Å². The molecule has 9 heteroatoms. The van der Waals surface area contributed by atoms with Crippen LogP contribution in [0.3, 0.4) is 0 Å². The molecule has 6 nitrogen and oxygen atoms in total. The van der Waals surface area contributed by atoms with Gasteiger partial charge in [-0.05, 0) is 34.5 Å². The number of nitrogens with zero attached hydrogens (tertiary/aromatic N) is 1. The first-order valence-corrected chi connectivity index (χ1v) is 7.84. The van der Waals surface area contributed by atoms with Crippen LogP contribution in [-0.4, -0.2) is 25.0 Å². The Labute approximate surface area is 118 Å². The lowest BCUT2D eigenvalue weighted by Gasteiger charge is -2.07. The molecule has 0 aliphatic carbocycles. The predicted molar refractivity (Wildman–Crippen MR) is 73.5 cm³/mol. The molecule has 0 atom stereocenters. The van der Waals surface area contributed by atoms with Crippen molar-refractivity contribution in [2.45, 2.75) is 6.42 Å². The molecule has 0 aliphatic rings. The molecule has 0 bridgehead atoms. The zero-order valence-corrected chi connectivity index (χ0v) is 12.3. The van der Waals surface area contributed by atoms with E-state index >= 15 is 0 Å². The fraction of sp³-hybridized carbons (Fsp3) is 0.333. The summed E-state index contributed by atoms with van der Waals surface area (Å²) in [5.41, 5.74) is -0.0491. The lowest BCUT2D eigenvalue weighted by atomic mass is 10.3. The Morgan fingerprint density at radius 3 is 2.67 bits per heavy atom. The minimum Gasteiger partial charge on any atom is -0.283 e. The highest BCUT2D eigenvalue weighted by Crippen LogP contribution is 2.28. The van der Waals surface area contributed by atoms with Crippen molar-refractivity contribution in [3.63, 3.8) is 0 Å². The van der Waals surface area contributed by atoms with E-state index in [9.17, 15) is 18.5 Å². The molecule has 0 amide bonds. The van der Waals surface area contributed by atoms with E-state index in [0.29, 0.717) is 6.42 Å². The minimum absolute atomic E-state index is 0.125. The van der Waals surface area contributed by atoms with Gasteiger partial charge >= 0.3 is 0 Å². The van der Waals surface area contributed by atoms with Gasteiger partial charge in [-0.1, -0.05) is 0 Å². The molecule has 1 N–H and O–H groups in total. The molecular formula is C9H10BrClN2O4S. The van der Waals surface area contributed by atoms with Crippen molar-refractivity contribution in [2.75, 3.05) is 16.4 Å². The van der Waals surface area contributed by atoms with Crippen LogP contribution < -0.4 is 4.72 Å². The summed E-state index contributed by atoms with van der Waals surface area (Å²) in [6.45, 7) is 0. The van der Waals surface area contributed by atoms with Gasteiger partial charge in [0.25, 0.3) is 5.69 Å². The highest BCUT2D eigenvalue weighted by molar-refractivity contribution is 9.10. The molecule has 0 fully saturated rings. The summed E-state index contributed by atoms with van der Waals surface area (Å²) in [6.07, 6.45) is 0.315. The summed E-state index contributed by atoms with van der Waals surface area (Å²) in [5.74, 6) is 0.113. The SMILES string of the molecule is O=[N+]([O-])c1cc(NS(=O)(=O)CCCCl)ccc1Br. The zero-order chi connectivity index (χ0) is 13.8. The molecule has 0 unspecified atom stereocenters. The van der Waals surface area contributed by atoms with Crippen molar-refractivity contribution in [3.05, 3.63) is 32.8 Å². The minimum atomic E-state index is -3.52. The number of nitro benzene ring substituents is 1. The molecule has 0 aromatic heterocycles. The molecule has 0 spiro atoms. The quantitative estimate of drug-likeness (QED) is 0.481. The standard InChI is InChI=1S/C9H10BrClN2O4S/c10-8-3-2-7(6-9(8)13(14)15)12-18(16,17)5-1-4-11/h2-3,6,12H,1,4-5H2.